The molecule has 2 aliphatic rings. The molecule has 0 saturated carbocycles. The van der Waals surface area contributed by atoms with E-state index in [1.165, 1.54) is 0 Å². The summed E-state index contributed by atoms with van der Waals surface area (Å²) < 4.78 is 5.38. The van der Waals surface area contributed by atoms with Crippen molar-refractivity contribution in [1.82, 2.24) is 5.06 Å². The molecule has 0 N–H and O–H groups in total. The van der Waals surface area contributed by atoms with Gasteiger partial charge >= 0.3 is 0 Å². The van der Waals surface area contributed by atoms with Gasteiger partial charge in [-0.3, -0.25) is 9.59 Å². The number of imide groups is 1. The highest BCUT2D eigenvalue weighted by atomic mass is 16.8. The van der Waals surface area contributed by atoms with Gasteiger partial charge in [-0.25, -0.2) is 4.84 Å². The van der Waals surface area contributed by atoms with Crippen LogP contribution in [0.3, 0.4) is 0 Å². The van der Waals surface area contributed by atoms with Crippen molar-refractivity contribution in [2.24, 2.45) is 5.92 Å². The predicted octanol–water partition coefficient (Wildman–Crippen LogP) is 0.840. The van der Waals surface area contributed by atoms with Crippen molar-refractivity contribution in [3.63, 3.8) is 0 Å². The molecule has 0 aromatic rings. The van der Waals surface area contributed by atoms with Crippen LogP contribution in [0, 0.1) is 5.92 Å². The van der Waals surface area contributed by atoms with E-state index in [9.17, 15) is 9.59 Å². The van der Waals surface area contributed by atoms with Crippen LogP contribution in [-0.2, 0) is 19.2 Å². The number of amides is 2. The lowest BCUT2D eigenvalue weighted by Gasteiger charge is -2.28. The normalized spacial score (nSPS) is 32.5. The predicted molar refractivity (Wildman–Crippen MR) is 50.3 cm³/mol. The minimum absolute atomic E-state index is 0.252. The van der Waals surface area contributed by atoms with E-state index in [1.54, 1.807) is 0 Å². The SMILES string of the molecule is CC1CCC(ON2C(=O)CCC2=O)OC1. The molecule has 0 radical (unpaired) electrons. The van der Waals surface area contributed by atoms with Crippen LogP contribution in [0.25, 0.3) is 0 Å². The van der Waals surface area contributed by atoms with Gasteiger partial charge in [-0.05, 0) is 12.3 Å². The molecule has 2 unspecified atom stereocenters. The summed E-state index contributed by atoms with van der Waals surface area (Å²) >= 11 is 0. The maximum atomic E-state index is 11.2. The highest BCUT2D eigenvalue weighted by Gasteiger charge is 2.33. The minimum Gasteiger partial charge on any atom is -0.350 e. The van der Waals surface area contributed by atoms with Gasteiger partial charge in [0, 0.05) is 19.3 Å². The van der Waals surface area contributed by atoms with Gasteiger partial charge in [0.25, 0.3) is 11.8 Å². The second-order valence-corrected chi connectivity index (χ2v) is 4.13. The van der Waals surface area contributed by atoms with Gasteiger partial charge < -0.3 is 4.74 Å². The van der Waals surface area contributed by atoms with E-state index >= 15 is 0 Å². The van der Waals surface area contributed by atoms with Crippen molar-refractivity contribution >= 4 is 11.8 Å². The number of carbonyl (C=O) groups is 2. The van der Waals surface area contributed by atoms with Crippen molar-refractivity contribution in [3.05, 3.63) is 0 Å². The molecule has 2 rings (SSSR count). The minimum atomic E-state index is -0.438. The van der Waals surface area contributed by atoms with E-state index in [2.05, 4.69) is 6.92 Å². The Hall–Kier alpha value is -0.940. The zero-order valence-electron chi connectivity index (χ0n) is 8.77. The molecule has 0 aromatic heterocycles. The van der Waals surface area contributed by atoms with Gasteiger partial charge in [-0.2, -0.15) is 5.06 Å². The first-order valence-corrected chi connectivity index (χ1v) is 5.31. The summed E-state index contributed by atoms with van der Waals surface area (Å²) in [6.45, 7) is 2.73. The van der Waals surface area contributed by atoms with Crippen LogP contribution in [-0.4, -0.2) is 29.8 Å². The molecule has 2 fully saturated rings. The first-order valence-electron chi connectivity index (χ1n) is 5.31. The first-order chi connectivity index (χ1) is 7.16. The molecule has 0 aromatic carbocycles. The van der Waals surface area contributed by atoms with Crippen molar-refractivity contribution in [2.45, 2.75) is 38.9 Å². The Morgan fingerprint density at radius 1 is 1.27 bits per heavy atom. The lowest BCUT2D eigenvalue weighted by atomic mass is 10.0. The Kier molecular flexibility index (Phi) is 3.02. The Balaban J connectivity index is 1.86. The van der Waals surface area contributed by atoms with Crippen LogP contribution in [0.1, 0.15) is 32.6 Å². The molecule has 2 atom stereocenters. The topological polar surface area (TPSA) is 55.8 Å². The van der Waals surface area contributed by atoms with Crippen LogP contribution >= 0.6 is 0 Å². The summed E-state index contributed by atoms with van der Waals surface area (Å²) in [6, 6.07) is 0. The maximum Gasteiger partial charge on any atom is 0.254 e. The molecule has 2 aliphatic heterocycles. The lowest BCUT2D eigenvalue weighted by molar-refractivity contribution is -0.271. The van der Waals surface area contributed by atoms with Gasteiger partial charge in [0.2, 0.25) is 0 Å². The summed E-state index contributed by atoms with van der Waals surface area (Å²) in [5.41, 5.74) is 0. The average Bonchev–Trinajstić information content (AvgIpc) is 2.53. The van der Waals surface area contributed by atoms with Crippen LogP contribution in [0.2, 0.25) is 0 Å². The summed E-state index contributed by atoms with van der Waals surface area (Å²) in [6.07, 6.45) is 1.80. The third-order valence-corrected chi connectivity index (χ3v) is 2.69. The number of nitrogens with zero attached hydrogens (tertiary/aromatic N) is 1. The summed E-state index contributed by atoms with van der Waals surface area (Å²) in [5, 5.41) is 0.862. The van der Waals surface area contributed by atoms with Crippen LogP contribution in [0.15, 0.2) is 0 Å². The standard InChI is InChI=1S/C10H15NO4/c1-7-2-5-10(14-6-7)15-11-8(12)3-4-9(11)13/h7,10H,2-6H2,1H3. The Bertz CT molecular complexity index is 255. The van der Waals surface area contributed by atoms with Gasteiger partial charge in [0.1, 0.15) is 0 Å². The maximum absolute atomic E-state index is 11.2. The van der Waals surface area contributed by atoms with Crippen LogP contribution in [0.4, 0.5) is 0 Å². The number of hydroxylamine groups is 2. The largest absolute Gasteiger partial charge is 0.350 e. The van der Waals surface area contributed by atoms with E-state index in [4.69, 9.17) is 9.57 Å². The monoisotopic (exact) mass is 213 g/mol. The highest BCUT2D eigenvalue weighted by Crippen LogP contribution is 2.22. The van der Waals surface area contributed by atoms with E-state index < -0.39 is 6.29 Å². The number of hydrogen-bond donors (Lipinski definition) is 0. The van der Waals surface area contributed by atoms with Crippen molar-refractivity contribution < 1.29 is 19.2 Å². The molecule has 0 spiro atoms. The van der Waals surface area contributed by atoms with Crippen LogP contribution in [0.5, 0.6) is 0 Å². The molecule has 84 valence electrons. The van der Waals surface area contributed by atoms with E-state index in [0.29, 0.717) is 12.5 Å². The number of ether oxygens (including phenoxy) is 1. The van der Waals surface area contributed by atoms with E-state index in [-0.39, 0.29) is 24.7 Å². The molecule has 5 heteroatoms. The van der Waals surface area contributed by atoms with Crippen LogP contribution < -0.4 is 0 Å². The van der Waals surface area contributed by atoms with E-state index in [1.807, 2.05) is 0 Å². The Labute approximate surface area is 88.3 Å². The molecular weight excluding hydrogens is 198 g/mol. The third-order valence-electron chi connectivity index (χ3n) is 2.69. The fourth-order valence-electron chi connectivity index (χ4n) is 1.73. The zero-order chi connectivity index (χ0) is 10.8. The van der Waals surface area contributed by atoms with E-state index in [0.717, 1.165) is 17.9 Å². The van der Waals surface area contributed by atoms with Crippen molar-refractivity contribution in [3.8, 4) is 0 Å². The smallest absolute Gasteiger partial charge is 0.254 e. The fraction of sp³-hybridized carbons (Fsp3) is 0.800. The molecule has 2 amide bonds. The fourth-order valence-corrected chi connectivity index (χ4v) is 1.73. The van der Waals surface area contributed by atoms with Gasteiger partial charge in [-0.1, -0.05) is 6.92 Å². The van der Waals surface area contributed by atoms with Crippen molar-refractivity contribution in [1.29, 1.82) is 0 Å². The first kappa shape index (κ1) is 10.6. The molecule has 15 heavy (non-hydrogen) atoms. The second kappa shape index (κ2) is 4.28. The molecular formula is C10H15NO4. The molecule has 0 aliphatic carbocycles. The Morgan fingerprint density at radius 2 is 1.93 bits per heavy atom. The summed E-state index contributed by atoms with van der Waals surface area (Å²) in [4.78, 5) is 27.7. The summed E-state index contributed by atoms with van der Waals surface area (Å²) in [7, 11) is 0. The summed E-state index contributed by atoms with van der Waals surface area (Å²) in [5.74, 6) is -0.000671. The van der Waals surface area contributed by atoms with Crippen molar-refractivity contribution in [2.75, 3.05) is 6.61 Å². The van der Waals surface area contributed by atoms with Gasteiger partial charge in [0.05, 0.1) is 6.61 Å². The number of carbonyl (C=O) groups excluding carboxylic acids is 2. The molecule has 5 nitrogen and oxygen atoms in total. The second-order valence-electron chi connectivity index (χ2n) is 4.13. The lowest BCUT2D eigenvalue weighted by Crippen LogP contribution is -2.37. The van der Waals surface area contributed by atoms with Gasteiger partial charge in [0.15, 0.2) is 6.29 Å². The molecule has 0 bridgehead atoms. The Morgan fingerprint density at radius 3 is 2.47 bits per heavy atom. The third kappa shape index (κ3) is 2.35. The molecule has 2 heterocycles. The number of hydrogen-bond acceptors (Lipinski definition) is 4. The van der Waals surface area contributed by atoms with Gasteiger partial charge in [-0.15, -0.1) is 0 Å². The number of rotatable bonds is 2. The molecule has 2 saturated heterocycles. The highest BCUT2D eigenvalue weighted by molar-refractivity contribution is 6.00. The quantitative estimate of drug-likeness (QED) is 0.638. The zero-order valence-corrected chi connectivity index (χ0v) is 8.77. The average molecular weight is 213 g/mol.